The molecule has 1 aromatic heterocycles. The molecule has 1 aliphatic rings. The van der Waals surface area contributed by atoms with Crippen LogP contribution in [0.15, 0.2) is 72.8 Å². The number of ether oxygens (including phenoxy) is 1. The van der Waals surface area contributed by atoms with E-state index in [1.165, 1.54) is 18.5 Å². The lowest BCUT2D eigenvalue weighted by Crippen LogP contribution is -2.46. The lowest BCUT2D eigenvalue weighted by molar-refractivity contribution is 0.0909. The Balaban J connectivity index is 1.06. The topological polar surface area (TPSA) is 37.7 Å². The molecule has 5 heteroatoms. The summed E-state index contributed by atoms with van der Waals surface area (Å²) in [4.78, 5) is 18.1. The van der Waals surface area contributed by atoms with Crippen molar-refractivity contribution in [2.75, 3.05) is 44.7 Å². The lowest BCUT2D eigenvalue weighted by atomic mass is 10.1. The van der Waals surface area contributed by atoms with Crippen molar-refractivity contribution in [1.82, 2.24) is 9.47 Å². The van der Waals surface area contributed by atoms with Gasteiger partial charge in [0.2, 0.25) is 5.91 Å². The second-order valence-electron chi connectivity index (χ2n) is 9.43. The van der Waals surface area contributed by atoms with E-state index in [-0.39, 0.29) is 5.91 Å². The molecule has 5 nitrogen and oxygen atoms in total. The summed E-state index contributed by atoms with van der Waals surface area (Å²) in [6, 6.07) is 24.7. The van der Waals surface area contributed by atoms with Crippen molar-refractivity contribution in [2.24, 2.45) is 0 Å². The number of methoxy groups -OCH3 is 1. The van der Waals surface area contributed by atoms with E-state index in [2.05, 4.69) is 46.2 Å². The summed E-state index contributed by atoms with van der Waals surface area (Å²) in [6.07, 6.45) is 5.01. The Morgan fingerprint density at radius 3 is 2.03 bits per heavy atom. The molecule has 0 N–H and O–H groups in total. The molecule has 2 heterocycles. The van der Waals surface area contributed by atoms with Crippen LogP contribution < -0.4 is 9.64 Å². The van der Waals surface area contributed by atoms with Gasteiger partial charge in [0.1, 0.15) is 5.75 Å². The zero-order valence-electron chi connectivity index (χ0n) is 20.7. The third-order valence-corrected chi connectivity index (χ3v) is 7.24. The van der Waals surface area contributed by atoms with Gasteiger partial charge in [-0.2, -0.15) is 0 Å². The molecule has 0 amide bonds. The van der Waals surface area contributed by atoms with Crippen LogP contribution in [0.3, 0.4) is 0 Å². The van der Waals surface area contributed by atoms with Crippen LogP contribution in [0.25, 0.3) is 21.8 Å². The third-order valence-electron chi connectivity index (χ3n) is 7.24. The van der Waals surface area contributed by atoms with Crippen molar-refractivity contribution >= 4 is 33.4 Å². The van der Waals surface area contributed by atoms with E-state index in [0.29, 0.717) is 6.42 Å². The molecule has 0 unspecified atom stereocenters. The Hall–Kier alpha value is -3.31. The molecular formula is C30H35N3O2. The van der Waals surface area contributed by atoms with E-state index >= 15 is 0 Å². The highest BCUT2D eigenvalue weighted by molar-refractivity contribution is 6.13. The first-order valence-corrected chi connectivity index (χ1v) is 12.9. The number of fused-ring (bicyclic) bond motifs is 3. The fourth-order valence-corrected chi connectivity index (χ4v) is 5.37. The summed E-state index contributed by atoms with van der Waals surface area (Å²) in [6.45, 7) is 5.39. The van der Waals surface area contributed by atoms with Crippen LogP contribution in [-0.2, 0) is 0 Å². The lowest BCUT2D eigenvalue weighted by Gasteiger charge is -2.36. The molecule has 3 aromatic carbocycles. The summed E-state index contributed by atoms with van der Waals surface area (Å²) in [7, 11) is 1.74. The van der Waals surface area contributed by atoms with Crippen molar-refractivity contribution in [1.29, 1.82) is 0 Å². The largest absolute Gasteiger partial charge is 0.495 e. The molecule has 182 valence electrons. The van der Waals surface area contributed by atoms with Crippen LogP contribution in [0, 0.1) is 0 Å². The Bertz CT molecular complexity index is 1230. The van der Waals surface area contributed by atoms with Gasteiger partial charge < -0.3 is 9.64 Å². The number of rotatable bonds is 9. The average molecular weight is 470 g/mol. The van der Waals surface area contributed by atoms with Crippen LogP contribution in [0.2, 0.25) is 0 Å². The van der Waals surface area contributed by atoms with Gasteiger partial charge in [0, 0.05) is 43.4 Å². The van der Waals surface area contributed by atoms with Crippen molar-refractivity contribution in [3.05, 3.63) is 72.8 Å². The molecule has 1 saturated heterocycles. The number of piperazine rings is 1. The molecule has 35 heavy (non-hydrogen) atoms. The summed E-state index contributed by atoms with van der Waals surface area (Å²) in [5, 5.41) is 2.31. The second kappa shape index (κ2) is 11.0. The molecule has 0 saturated carbocycles. The Morgan fingerprint density at radius 1 is 0.743 bits per heavy atom. The van der Waals surface area contributed by atoms with Crippen LogP contribution in [0.4, 0.5) is 5.69 Å². The number of anilines is 1. The Labute approximate surface area is 207 Å². The number of benzene rings is 3. The van der Waals surface area contributed by atoms with E-state index in [0.717, 1.165) is 73.1 Å². The van der Waals surface area contributed by atoms with Crippen LogP contribution in [0.5, 0.6) is 5.75 Å². The maximum atomic E-state index is 13.1. The first-order valence-electron chi connectivity index (χ1n) is 12.9. The number of para-hydroxylation sites is 4. The number of carbonyl (C=O) groups excluding carboxylic acids is 1. The number of carbonyl (C=O) groups is 1. The van der Waals surface area contributed by atoms with Gasteiger partial charge in [0.25, 0.3) is 0 Å². The van der Waals surface area contributed by atoms with E-state index in [9.17, 15) is 4.79 Å². The van der Waals surface area contributed by atoms with Crippen molar-refractivity contribution < 1.29 is 9.53 Å². The van der Waals surface area contributed by atoms with E-state index in [4.69, 9.17) is 4.74 Å². The maximum Gasteiger partial charge on any atom is 0.231 e. The fourth-order valence-electron chi connectivity index (χ4n) is 5.37. The maximum absolute atomic E-state index is 13.1. The molecule has 5 rings (SSSR count). The Morgan fingerprint density at radius 2 is 1.34 bits per heavy atom. The van der Waals surface area contributed by atoms with Crippen molar-refractivity contribution in [3.8, 4) is 5.75 Å². The molecule has 0 spiro atoms. The average Bonchev–Trinajstić information content (AvgIpc) is 3.25. The minimum Gasteiger partial charge on any atom is -0.495 e. The minimum atomic E-state index is 0.204. The molecular weight excluding hydrogens is 434 g/mol. The van der Waals surface area contributed by atoms with Gasteiger partial charge in [-0.1, -0.05) is 61.4 Å². The van der Waals surface area contributed by atoms with Gasteiger partial charge >= 0.3 is 0 Å². The summed E-state index contributed by atoms with van der Waals surface area (Å²) in [5.74, 6) is 1.16. The zero-order valence-corrected chi connectivity index (χ0v) is 20.7. The fraction of sp³-hybridized carbons (Fsp3) is 0.367. The summed E-state index contributed by atoms with van der Waals surface area (Å²) in [5.41, 5.74) is 3.24. The molecule has 1 aliphatic heterocycles. The van der Waals surface area contributed by atoms with Crippen molar-refractivity contribution in [3.63, 3.8) is 0 Å². The van der Waals surface area contributed by atoms with Gasteiger partial charge in [0.15, 0.2) is 0 Å². The van der Waals surface area contributed by atoms with Crippen molar-refractivity contribution in [2.45, 2.75) is 32.1 Å². The molecule has 0 bridgehead atoms. The van der Waals surface area contributed by atoms with Gasteiger partial charge in [-0.05, 0) is 43.7 Å². The zero-order chi connectivity index (χ0) is 24.0. The van der Waals surface area contributed by atoms with Gasteiger partial charge in [-0.3, -0.25) is 14.3 Å². The highest BCUT2D eigenvalue weighted by Gasteiger charge is 2.19. The minimum absolute atomic E-state index is 0.204. The predicted octanol–water partition coefficient (Wildman–Crippen LogP) is 6.22. The first-order chi connectivity index (χ1) is 17.3. The highest BCUT2D eigenvalue weighted by atomic mass is 16.5. The van der Waals surface area contributed by atoms with E-state index in [1.807, 2.05) is 41.0 Å². The summed E-state index contributed by atoms with van der Waals surface area (Å²) >= 11 is 0. The smallest absolute Gasteiger partial charge is 0.231 e. The highest BCUT2D eigenvalue weighted by Crippen LogP contribution is 2.30. The number of hydrogen-bond donors (Lipinski definition) is 0. The standard InChI is InChI=1S/C30H35N3O2/c1-35-29-17-10-9-16-28(29)32-22-20-31(21-23-32)19-11-3-2-4-18-30(34)33-26-14-7-5-12-24(26)25-13-6-8-15-27(25)33/h5-10,12-17H,2-4,11,18-23H2,1H3. The quantitative estimate of drug-likeness (QED) is 0.273. The van der Waals surface area contributed by atoms with Gasteiger partial charge in [0.05, 0.1) is 23.8 Å². The number of unbranched alkanes of at least 4 members (excludes halogenated alkanes) is 3. The molecule has 0 atom stereocenters. The summed E-state index contributed by atoms with van der Waals surface area (Å²) < 4.78 is 7.45. The molecule has 4 aromatic rings. The first kappa shape index (κ1) is 23.4. The number of nitrogens with zero attached hydrogens (tertiary/aromatic N) is 3. The third kappa shape index (κ3) is 5.06. The molecule has 0 radical (unpaired) electrons. The second-order valence-corrected chi connectivity index (χ2v) is 9.43. The molecule has 1 fully saturated rings. The molecule has 0 aliphatic carbocycles. The Kier molecular flexibility index (Phi) is 7.34. The van der Waals surface area contributed by atoms with Crippen LogP contribution in [-0.4, -0.2) is 55.2 Å². The van der Waals surface area contributed by atoms with Crippen LogP contribution >= 0.6 is 0 Å². The van der Waals surface area contributed by atoms with E-state index < -0.39 is 0 Å². The van der Waals surface area contributed by atoms with Crippen LogP contribution in [0.1, 0.15) is 36.9 Å². The predicted molar refractivity (Wildman–Crippen MR) is 145 cm³/mol. The number of aromatic nitrogens is 1. The van der Waals surface area contributed by atoms with Gasteiger partial charge in [-0.15, -0.1) is 0 Å². The van der Waals surface area contributed by atoms with Gasteiger partial charge in [-0.25, -0.2) is 0 Å². The normalized spacial score (nSPS) is 14.6. The number of hydrogen-bond acceptors (Lipinski definition) is 4. The monoisotopic (exact) mass is 469 g/mol. The SMILES string of the molecule is COc1ccccc1N1CCN(CCCCCCC(=O)n2c3ccccc3c3ccccc32)CC1. The van der Waals surface area contributed by atoms with E-state index in [1.54, 1.807) is 7.11 Å².